The van der Waals surface area contributed by atoms with E-state index >= 15 is 0 Å². The number of amides is 1. The largest absolute Gasteiger partial charge is 0.481 e. The topological polar surface area (TPSA) is 109 Å². The highest BCUT2D eigenvalue weighted by Gasteiger charge is 2.16. The number of halogens is 2. The Labute approximate surface area is 138 Å². The Morgan fingerprint density at radius 3 is 2.88 bits per heavy atom. The Hall–Kier alpha value is -3.56. The molecule has 3 aromatic rings. The van der Waals surface area contributed by atoms with Crippen LogP contribution in [0.4, 0.5) is 14.7 Å². The van der Waals surface area contributed by atoms with Crippen LogP contribution in [-0.4, -0.2) is 28.0 Å². The molecule has 25 heavy (non-hydrogen) atoms. The molecule has 0 saturated heterocycles. The Kier molecular flexibility index (Phi) is 4.25. The van der Waals surface area contributed by atoms with E-state index in [1.807, 2.05) is 0 Å². The molecule has 0 aliphatic carbocycles. The van der Waals surface area contributed by atoms with Crippen molar-refractivity contribution >= 4 is 22.8 Å². The molecule has 0 aliphatic rings. The highest BCUT2D eigenvalue weighted by atomic mass is 19.1. The highest BCUT2D eigenvalue weighted by molar-refractivity contribution is 5.97. The van der Waals surface area contributed by atoms with Crippen LogP contribution in [0.5, 0.6) is 5.88 Å². The Balaban J connectivity index is 1.87. The van der Waals surface area contributed by atoms with Crippen LogP contribution in [0.3, 0.4) is 0 Å². The van der Waals surface area contributed by atoms with Gasteiger partial charge in [-0.15, -0.1) is 0 Å². The fraction of sp³-hybridized carbons (Fsp3) is 0.0667. The summed E-state index contributed by atoms with van der Waals surface area (Å²) in [6, 6.07) is 3.00. The van der Waals surface area contributed by atoms with Crippen molar-refractivity contribution in [2.75, 3.05) is 12.5 Å². The van der Waals surface area contributed by atoms with Crippen LogP contribution in [-0.2, 0) is 0 Å². The number of hydrogen-bond acceptors (Lipinski definition) is 6. The van der Waals surface area contributed by atoms with Crippen molar-refractivity contribution in [3.63, 3.8) is 0 Å². The fourth-order valence-corrected chi connectivity index (χ4v) is 2.12. The van der Waals surface area contributed by atoms with Crippen LogP contribution < -0.4 is 21.0 Å². The molecule has 8 nitrogen and oxygen atoms in total. The van der Waals surface area contributed by atoms with Crippen molar-refractivity contribution in [2.45, 2.75) is 0 Å². The third-order valence-electron chi connectivity index (χ3n) is 3.28. The molecule has 0 atom stereocenters. The lowest BCUT2D eigenvalue weighted by atomic mass is 10.1. The van der Waals surface area contributed by atoms with Crippen molar-refractivity contribution in [1.29, 1.82) is 0 Å². The number of ether oxygens (including phenoxy) is 1. The van der Waals surface area contributed by atoms with E-state index in [2.05, 4.69) is 25.8 Å². The van der Waals surface area contributed by atoms with Gasteiger partial charge < -0.3 is 9.72 Å². The van der Waals surface area contributed by atoms with Gasteiger partial charge in [0.2, 0.25) is 17.3 Å². The van der Waals surface area contributed by atoms with Crippen molar-refractivity contribution in [3.8, 4) is 5.88 Å². The van der Waals surface area contributed by atoms with Gasteiger partial charge in [-0.25, -0.2) is 13.8 Å². The SMILES string of the molecule is COc1ccnc(NNC(=O)c2c[nH]c3c(F)cc(F)cc3c2=O)n1. The molecule has 0 saturated carbocycles. The van der Waals surface area contributed by atoms with Gasteiger partial charge in [-0.2, -0.15) is 4.98 Å². The Bertz CT molecular complexity index is 1020. The van der Waals surface area contributed by atoms with E-state index < -0.39 is 23.0 Å². The van der Waals surface area contributed by atoms with Crippen LogP contribution in [0.2, 0.25) is 0 Å². The van der Waals surface area contributed by atoms with Gasteiger partial charge in [-0.3, -0.25) is 20.4 Å². The lowest BCUT2D eigenvalue weighted by Gasteiger charge is -2.08. The number of aromatic amines is 1. The smallest absolute Gasteiger partial charge is 0.275 e. The summed E-state index contributed by atoms with van der Waals surface area (Å²) >= 11 is 0. The van der Waals surface area contributed by atoms with E-state index in [0.29, 0.717) is 6.07 Å². The molecule has 0 fully saturated rings. The van der Waals surface area contributed by atoms with Gasteiger partial charge in [0.05, 0.1) is 18.0 Å². The first kappa shape index (κ1) is 16.3. The minimum atomic E-state index is -0.929. The summed E-state index contributed by atoms with van der Waals surface area (Å²) in [6.07, 6.45) is 2.43. The molecule has 128 valence electrons. The first-order valence-electron chi connectivity index (χ1n) is 6.93. The van der Waals surface area contributed by atoms with Gasteiger partial charge in [0.15, 0.2) is 0 Å². The zero-order valence-corrected chi connectivity index (χ0v) is 12.8. The summed E-state index contributed by atoms with van der Waals surface area (Å²) in [7, 11) is 1.41. The summed E-state index contributed by atoms with van der Waals surface area (Å²) < 4.78 is 31.9. The molecular weight excluding hydrogens is 336 g/mol. The number of aromatic nitrogens is 3. The summed E-state index contributed by atoms with van der Waals surface area (Å²) in [5.41, 5.74) is 3.29. The van der Waals surface area contributed by atoms with E-state index in [0.717, 1.165) is 12.3 Å². The van der Waals surface area contributed by atoms with Gasteiger partial charge in [-0.1, -0.05) is 0 Å². The minimum Gasteiger partial charge on any atom is -0.481 e. The maximum absolute atomic E-state index is 13.6. The van der Waals surface area contributed by atoms with Crippen LogP contribution >= 0.6 is 0 Å². The average molecular weight is 347 g/mol. The maximum Gasteiger partial charge on any atom is 0.275 e. The number of carbonyl (C=O) groups is 1. The molecule has 0 spiro atoms. The van der Waals surface area contributed by atoms with Crippen molar-refractivity contribution in [2.24, 2.45) is 0 Å². The first-order valence-corrected chi connectivity index (χ1v) is 6.93. The first-order chi connectivity index (χ1) is 12.0. The van der Waals surface area contributed by atoms with Gasteiger partial charge in [-0.05, 0) is 6.07 Å². The standard InChI is InChI=1S/C15H11F2N5O3/c1-25-11-2-3-18-15(20-11)22-21-14(24)9-6-19-12-8(13(9)23)4-7(16)5-10(12)17/h2-6H,1H3,(H,19,23)(H,21,24)(H,18,20,22). The lowest BCUT2D eigenvalue weighted by molar-refractivity contribution is 0.0961. The number of hydrogen-bond donors (Lipinski definition) is 3. The zero-order valence-electron chi connectivity index (χ0n) is 12.8. The highest BCUT2D eigenvalue weighted by Crippen LogP contribution is 2.15. The van der Waals surface area contributed by atoms with E-state index in [-0.39, 0.29) is 28.3 Å². The summed E-state index contributed by atoms with van der Waals surface area (Å²) in [6.45, 7) is 0. The molecule has 10 heteroatoms. The molecule has 3 N–H and O–H groups in total. The number of carbonyl (C=O) groups excluding carboxylic acids is 1. The summed E-state index contributed by atoms with van der Waals surface area (Å²) in [5, 5.41) is -0.275. The molecular formula is C15H11F2N5O3. The number of benzene rings is 1. The van der Waals surface area contributed by atoms with E-state index in [1.165, 1.54) is 19.4 Å². The number of anilines is 1. The number of nitrogens with one attached hydrogen (secondary N) is 3. The van der Waals surface area contributed by atoms with Gasteiger partial charge >= 0.3 is 0 Å². The number of nitrogens with zero attached hydrogens (tertiary/aromatic N) is 2. The van der Waals surface area contributed by atoms with Crippen molar-refractivity contribution in [3.05, 3.63) is 58.0 Å². The second kappa shape index (κ2) is 6.51. The van der Waals surface area contributed by atoms with E-state index in [9.17, 15) is 18.4 Å². The molecule has 1 amide bonds. The number of fused-ring (bicyclic) bond motifs is 1. The third-order valence-corrected chi connectivity index (χ3v) is 3.28. The van der Waals surface area contributed by atoms with Gasteiger partial charge in [0.1, 0.15) is 17.2 Å². The molecule has 1 aromatic carbocycles. The van der Waals surface area contributed by atoms with E-state index in [1.54, 1.807) is 0 Å². The van der Waals surface area contributed by atoms with Crippen LogP contribution in [0.1, 0.15) is 10.4 Å². The zero-order chi connectivity index (χ0) is 18.0. The number of methoxy groups -OCH3 is 1. The normalized spacial score (nSPS) is 10.5. The summed E-state index contributed by atoms with van der Waals surface area (Å²) in [4.78, 5) is 34.7. The Morgan fingerprint density at radius 1 is 1.32 bits per heavy atom. The molecule has 2 aromatic heterocycles. The van der Waals surface area contributed by atoms with Crippen LogP contribution in [0, 0.1) is 11.6 Å². The molecule has 2 heterocycles. The maximum atomic E-state index is 13.6. The molecule has 0 bridgehead atoms. The lowest BCUT2D eigenvalue weighted by Crippen LogP contribution is -2.34. The molecule has 0 aliphatic heterocycles. The third kappa shape index (κ3) is 3.22. The van der Waals surface area contributed by atoms with Crippen molar-refractivity contribution in [1.82, 2.24) is 20.4 Å². The molecule has 0 radical (unpaired) electrons. The number of pyridine rings is 1. The Morgan fingerprint density at radius 2 is 2.12 bits per heavy atom. The van der Waals surface area contributed by atoms with Gasteiger partial charge in [0, 0.05) is 24.5 Å². The molecule has 3 rings (SSSR count). The quantitative estimate of drug-likeness (QED) is 0.615. The number of H-pyrrole nitrogens is 1. The average Bonchev–Trinajstić information content (AvgIpc) is 2.60. The second-order valence-corrected chi connectivity index (χ2v) is 4.84. The second-order valence-electron chi connectivity index (χ2n) is 4.84. The van der Waals surface area contributed by atoms with Crippen LogP contribution in [0.25, 0.3) is 10.9 Å². The number of hydrazine groups is 1. The van der Waals surface area contributed by atoms with E-state index in [4.69, 9.17) is 4.74 Å². The summed E-state index contributed by atoms with van der Waals surface area (Å²) in [5.74, 6) is -2.39. The predicted octanol–water partition coefficient (Wildman–Crippen LogP) is 1.36. The molecule has 0 unspecified atom stereocenters. The monoisotopic (exact) mass is 347 g/mol. The predicted molar refractivity (Wildman–Crippen MR) is 84.2 cm³/mol. The van der Waals surface area contributed by atoms with Gasteiger partial charge in [0.25, 0.3) is 5.91 Å². The van der Waals surface area contributed by atoms with Crippen molar-refractivity contribution < 1.29 is 18.3 Å². The fourth-order valence-electron chi connectivity index (χ4n) is 2.12. The minimum absolute atomic E-state index is 0.0296. The number of rotatable bonds is 4. The van der Waals surface area contributed by atoms with Crippen LogP contribution in [0.15, 0.2) is 35.4 Å².